The Kier molecular flexibility index (Phi) is 3.33. The van der Waals surface area contributed by atoms with Crippen molar-refractivity contribution in [2.45, 2.75) is 6.92 Å². The third-order valence-electron chi connectivity index (χ3n) is 2.95. The highest BCUT2D eigenvalue weighted by Gasteiger charge is 2.43. The minimum atomic E-state index is -1.54. The van der Waals surface area contributed by atoms with E-state index in [1.54, 1.807) is 6.92 Å². The number of ketones is 1. The number of Topliss-reactive ketones (excluding diaryl/α,β-unsaturated/α-hetero) is 1. The number of carbonyl (C=O) groups is 3. The van der Waals surface area contributed by atoms with Gasteiger partial charge in [0.15, 0.2) is 11.7 Å². The van der Waals surface area contributed by atoms with Crippen LogP contribution in [0.5, 0.6) is 0 Å². The molecule has 0 saturated heterocycles. The molecular weight excluding hydrogens is 253 g/mol. The second-order valence-electron chi connectivity index (χ2n) is 4.11. The van der Waals surface area contributed by atoms with Crippen LogP contribution in [-0.2, 0) is 14.3 Å². The lowest BCUT2D eigenvalue weighted by molar-refractivity contribution is -0.149. The van der Waals surface area contributed by atoms with Crippen molar-refractivity contribution < 1.29 is 23.5 Å². The normalized spacial score (nSPS) is 18.3. The van der Waals surface area contributed by atoms with Crippen molar-refractivity contribution in [2.24, 2.45) is 5.92 Å². The summed E-state index contributed by atoms with van der Waals surface area (Å²) in [6.07, 6.45) is 0. The summed E-state index contributed by atoms with van der Waals surface area (Å²) >= 11 is 0. The molecule has 0 spiro atoms. The highest BCUT2D eigenvalue weighted by atomic mass is 19.1. The first-order chi connectivity index (χ1) is 8.97. The van der Waals surface area contributed by atoms with Crippen LogP contribution in [0.15, 0.2) is 18.2 Å². The van der Waals surface area contributed by atoms with E-state index in [0.29, 0.717) is 0 Å². The fourth-order valence-electron chi connectivity index (χ4n) is 2.01. The standard InChI is InChI=1S/C13H12FNO4/c1-3-19-13(18)10-11(16)8-6-7(14)4-5-9(8)15(2)12(10)17/h4-6,10H,3H2,1-2H3. The minimum Gasteiger partial charge on any atom is -0.465 e. The number of hydrogen-bond acceptors (Lipinski definition) is 4. The lowest BCUT2D eigenvalue weighted by Gasteiger charge is -2.29. The molecule has 0 N–H and O–H groups in total. The van der Waals surface area contributed by atoms with Crippen LogP contribution in [0, 0.1) is 11.7 Å². The van der Waals surface area contributed by atoms with Gasteiger partial charge in [-0.15, -0.1) is 0 Å². The summed E-state index contributed by atoms with van der Waals surface area (Å²) in [4.78, 5) is 37.0. The second-order valence-corrected chi connectivity index (χ2v) is 4.11. The predicted molar refractivity (Wildman–Crippen MR) is 64.3 cm³/mol. The Labute approximate surface area is 109 Å². The number of anilines is 1. The number of ether oxygens (including phenoxy) is 1. The molecule has 1 amide bonds. The topological polar surface area (TPSA) is 63.7 Å². The summed E-state index contributed by atoms with van der Waals surface area (Å²) in [6.45, 7) is 1.64. The Morgan fingerprint density at radius 1 is 1.42 bits per heavy atom. The van der Waals surface area contributed by atoms with E-state index < -0.39 is 29.4 Å². The number of benzene rings is 1. The highest BCUT2D eigenvalue weighted by Crippen LogP contribution is 2.30. The molecular formula is C13H12FNO4. The van der Waals surface area contributed by atoms with Crippen molar-refractivity contribution >= 4 is 23.3 Å². The van der Waals surface area contributed by atoms with E-state index in [2.05, 4.69) is 0 Å². The summed E-state index contributed by atoms with van der Waals surface area (Å²) < 4.78 is 17.9. The molecule has 5 nitrogen and oxygen atoms in total. The van der Waals surface area contributed by atoms with Crippen LogP contribution in [-0.4, -0.2) is 31.3 Å². The van der Waals surface area contributed by atoms with E-state index in [1.165, 1.54) is 13.1 Å². The molecule has 0 aromatic heterocycles. The van der Waals surface area contributed by atoms with Crippen molar-refractivity contribution in [1.29, 1.82) is 0 Å². The lowest BCUT2D eigenvalue weighted by Crippen LogP contribution is -2.46. The van der Waals surface area contributed by atoms with Crippen molar-refractivity contribution in [3.05, 3.63) is 29.6 Å². The molecule has 1 aliphatic rings. The van der Waals surface area contributed by atoms with Gasteiger partial charge in [-0.05, 0) is 25.1 Å². The molecule has 0 aliphatic carbocycles. The summed E-state index contributed by atoms with van der Waals surface area (Å²) in [6, 6.07) is 3.51. The van der Waals surface area contributed by atoms with E-state index in [1.807, 2.05) is 0 Å². The van der Waals surface area contributed by atoms with Crippen LogP contribution < -0.4 is 4.90 Å². The first-order valence-corrected chi connectivity index (χ1v) is 5.75. The number of carbonyl (C=O) groups excluding carboxylic acids is 3. The van der Waals surface area contributed by atoms with Gasteiger partial charge in [0, 0.05) is 12.6 Å². The molecule has 1 aromatic carbocycles. The first kappa shape index (κ1) is 13.2. The van der Waals surface area contributed by atoms with Crippen molar-refractivity contribution in [1.82, 2.24) is 0 Å². The van der Waals surface area contributed by atoms with Crippen LogP contribution in [0.3, 0.4) is 0 Å². The SMILES string of the molecule is CCOC(=O)C1C(=O)c2cc(F)ccc2N(C)C1=O. The van der Waals surface area contributed by atoms with Gasteiger partial charge in [-0.2, -0.15) is 0 Å². The Balaban J connectivity index is 2.49. The quantitative estimate of drug-likeness (QED) is 0.594. The summed E-state index contributed by atoms with van der Waals surface area (Å²) in [5, 5.41) is 0. The molecule has 2 rings (SSSR count). The maximum absolute atomic E-state index is 13.2. The zero-order valence-corrected chi connectivity index (χ0v) is 10.5. The monoisotopic (exact) mass is 265 g/mol. The molecule has 0 saturated carbocycles. The van der Waals surface area contributed by atoms with Gasteiger partial charge in [0.05, 0.1) is 12.3 Å². The van der Waals surface area contributed by atoms with Crippen molar-refractivity contribution in [3.8, 4) is 0 Å². The van der Waals surface area contributed by atoms with E-state index in [4.69, 9.17) is 4.74 Å². The first-order valence-electron chi connectivity index (χ1n) is 5.75. The number of fused-ring (bicyclic) bond motifs is 1. The summed E-state index contributed by atoms with van der Waals surface area (Å²) in [5.41, 5.74) is 0.303. The Morgan fingerprint density at radius 2 is 2.11 bits per heavy atom. The largest absolute Gasteiger partial charge is 0.465 e. The van der Waals surface area contributed by atoms with E-state index >= 15 is 0 Å². The van der Waals surface area contributed by atoms with Crippen LogP contribution in [0.1, 0.15) is 17.3 Å². The summed E-state index contributed by atoms with van der Waals surface area (Å²) in [5.74, 6) is -4.44. The minimum absolute atomic E-state index is 0.0140. The molecule has 19 heavy (non-hydrogen) atoms. The fraction of sp³-hybridized carbons (Fsp3) is 0.308. The number of amides is 1. The number of nitrogens with zero attached hydrogens (tertiary/aromatic N) is 1. The van der Waals surface area contributed by atoms with Crippen LogP contribution in [0.25, 0.3) is 0 Å². The van der Waals surface area contributed by atoms with Crippen molar-refractivity contribution in [2.75, 3.05) is 18.6 Å². The van der Waals surface area contributed by atoms with Gasteiger partial charge in [-0.3, -0.25) is 14.4 Å². The Morgan fingerprint density at radius 3 is 2.74 bits per heavy atom. The van der Waals surface area contributed by atoms with Gasteiger partial charge in [0.2, 0.25) is 5.91 Å². The zero-order chi connectivity index (χ0) is 14.2. The fourth-order valence-corrected chi connectivity index (χ4v) is 2.01. The molecule has 1 heterocycles. The molecule has 0 fully saturated rings. The maximum Gasteiger partial charge on any atom is 0.326 e. The van der Waals surface area contributed by atoms with Gasteiger partial charge >= 0.3 is 5.97 Å². The predicted octanol–water partition coefficient (Wildman–Crippen LogP) is 1.16. The van der Waals surface area contributed by atoms with E-state index in [0.717, 1.165) is 17.0 Å². The zero-order valence-electron chi connectivity index (χ0n) is 10.5. The Hall–Kier alpha value is -2.24. The number of hydrogen-bond donors (Lipinski definition) is 0. The second kappa shape index (κ2) is 4.79. The molecule has 6 heteroatoms. The number of halogens is 1. The van der Waals surface area contributed by atoms with Gasteiger partial charge in [0.25, 0.3) is 0 Å². The van der Waals surface area contributed by atoms with Gasteiger partial charge in [-0.1, -0.05) is 0 Å². The van der Waals surface area contributed by atoms with Gasteiger partial charge in [-0.25, -0.2) is 4.39 Å². The van der Waals surface area contributed by atoms with Crippen LogP contribution in [0.2, 0.25) is 0 Å². The molecule has 100 valence electrons. The van der Waals surface area contributed by atoms with E-state index in [9.17, 15) is 18.8 Å². The average molecular weight is 265 g/mol. The third-order valence-corrected chi connectivity index (χ3v) is 2.95. The Bertz CT molecular complexity index is 570. The molecule has 1 atom stereocenters. The van der Waals surface area contributed by atoms with Crippen LogP contribution in [0.4, 0.5) is 10.1 Å². The molecule has 1 aromatic rings. The van der Waals surface area contributed by atoms with Gasteiger partial charge in [0.1, 0.15) is 5.82 Å². The van der Waals surface area contributed by atoms with Gasteiger partial charge < -0.3 is 9.64 Å². The highest BCUT2D eigenvalue weighted by molar-refractivity contribution is 6.30. The molecule has 0 bridgehead atoms. The molecule has 1 aliphatic heterocycles. The third kappa shape index (κ3) is 2.09. The van der Waals surface area contributed by atoms with Crippen molar-refractivity contribution in [3.63, 3.8) is 0 Å². The molecule has 0 radical (unpaired) electrons. The summed E-state index contributed by atoms with van der Waals surface area (Å²) in [7, 11) is 1.43. The smallest absolute Gasteiger partial charge is 0.326 e. The maximum atomic E-state index is 13.2. The average Bonchev–Trinajstić information content (AvgIpc) is 2.36. The molecule has 1 unspecified atom stereocenters. The van der Waals surface area contributed by atoms with Crippen LogP contribution >= 0.6 is 0 Å². The number of esters is 1. The number of rotatable bonds is 2. The van der Waals surface area contributed by atoms with E-state index in [-0.39, 0.29) is 17.9 Å². The lowest BCUT2D eigenvalue weighted by atomic mass is 9.90.